The van der Waals surface area contributed by atoms with Gasteiger partial charge in [-0.2, -0.15) is 0 Å². The largest absolute Gasteiger partial charge is 0.293 e. The van der Waals surface area contributed by atoms with Crippen LogP contribution < -0.4 is 0 Å². The molecule has 0 saturated carbocycles. The van der Waals surface area contributed by atoms with Crippen molar-refractivity contribution in [1.29, 1.82) is 0 Å². The Balaban J connectivity index is 2.00. The fraction of sp³-hybridized carbons (Fsp3) is 0.176. The van der Waals surface area contributed by atoms with E-state index >= 15 is 0 Å². The molecule has 1 spiro atoms. The predicted octanol–water partition coefficient (Wildman–Crippen LogP) is 3.61. The number of aliphatic imine (C=N–C) groups is 1. The molecule has 0 saturated heterocycles. The minimum absolute atomic E-state index is 0.0294. The summed E-state index contributed by atoms with van der Waals surface area (Å²) in [6.45, 7) is 1.86. The molecule has 1 heterocycles. The first-order valence-corrected chi connectivity index (χ1v) is 6.62. The molecule has 1 aliphatic carbocycles. The van der Waals surface area contributed by atoms with Crippen LogP contribution in [0, 0.1) is 5.82 Å². The molecule has 0 radical (unpaired) electrons. The maximum atomic E-state index is 14.0. The number of halogens is 1. The molecule has 2 aromatic rings. The van der Waals surface area contributed by atoms with E-state index < -0.39 is 5.41 Å². The van der Waals surface area contributed by atoms with Crippen molar-refractivity contribution in [3.05, 3.63) is 65.0 Å². The van der Waals surface area contributed by atoms with Gasteiger partial charge >= 0.3 is 0 Å². The second kappa shape index (κ2) is 3.63. The highest BCUT2D eigenvalue weighted by molar-refractivity contribution is 6.26. The maximum Gasteiger partial charge on any atom is 0.179 e. The van der Waals surface area contributed by atoms with Gasteiger partial charge in [-0.15, -0.1) is 0 Å². The average Bonchev–Trinajstić information content (AvgIpc) is 2.90. The van der Waals surface area contributed by atoms with E-state index in [0.29, 0.717) is 17.5 Å². The molecule has 1 aliphatic heterocycles. The number of benzene rings is 2. The topological polar surface area (TPSA) is 29.4 Å². The number of carbonyl (C=O) groups is 1. The number of ketones is 1. The van der Waals surface area contributed by atoms with E-state index in [1.807, 2.05) is 31.2 Å². The highest BCUT2D eigenvalue weighted by Gasteiger charge is 2.53. The van der Waals surface area contributed by atoms with Gasteiger partial charge in [-0.05, 0) is 31.0 Å². The number of nitrogens with zero attached hydrogens (tertiary/aromatic N) is 1. The van der Waals surface area contributed by atoms with Crippen LogP contribution in [-0.2, 0) is 11.8 Å². The van der Waals surface area contributed by atoms with Crippen molar-refractivity contribution >= 4 is 17.2 Å². The van der Waals surface area contributed by atoms with Crippen molar-refractivity contribution in [2.45, 2.75) is 18.8 Å². The molecule has 1 unspecified atom stereocenters. The van der Waals surface area contributed by atoms with Crippen molar-refractivity contribution in [2.75, 3.05) is 0 Å². The van der Waals surface area contributed by atoms with Gasteiger partial charge in [0.05, 0.1) is 5.69 Å². The monoisotopic (exact) mass is 265 g/mol. The van der Waals surface area contributed by atoms with Crippen LogP contribution in [0.1, 0.15) is 28.4 Å². The fourth-order valence-electron chi connectivity index (χ4n) is 3.44. The summed E-state index contributed by atoms with van der Waals surface area (Å²) in [7, 11) is 0. The summed E-state index contributed by atoms with van der Waals surface area (Å²) < 4.78 is 14.0. The quantitative estimate of drug-likeness (QED) is 0.715. The van der Waals surface area contributed by atoms with E-state index in [4.69, 9.17) is 0 Å². The second-order valence-corrected chi connectivity index (χ2v) is 5.39. The lowest BCUT2D eigenvalue weighted by Crippen LogP contribution is -2.38. The van der Waals surface area contributed by atoms with Crippen molar-refractivity contribution in [2.24, 2.45) is 4.99 Å². The number of para-hydroxylation sites is 1. The first-order chi connectivity index (χ1) is 9.64. The highest BCUT2D eigenvalue weighted by atomic mass is 19.1. The molecule has 1 atom stereocenters. The van der Waals surface area contributed by atoms with Crippen LogP contribution in [0.5, 0.6) is 0 Å². The van der Waals surface area contributed by atoms with E-state index in [0.717, 1.165) is 17.0 Å². The van der Waals surface area contributed by atoms with Crippen LogP contribution in [-0.4, -0.2) is 11.5 Å². The Labute approximate surface area is 116 Å². The van der Waals surface area contributed by atoms with Gasteiger partial charge in [0, 0.05) is 16.8 Å². The minimum Gasteiger partial charge on any atom is -0.293 e. The Kier molecular flexibility index (Phi) is 2.09. The van der Waals surface area contributed by atoms with Crippen molar-refractivity contribution in [3.63, 3.8) is 0 Å². The zero-order valence-corrected chi connectivity index (χ0v) is 11.0. The predicted molar refractivity (Wildman–Crippen MR) is 75.3 cm³/mol. The third-order valence-electron chi connectivity index (χ3n) is 4.46. The van der Waals surface area contributed by atoms with Crippen LogP contribution in [0.15, 0.2) is 47.5 Å². The Morgan fingerprint density at radius 3 is 2.75 bits per heavy atom. The molecule has 4 rings (SSSR count). The summed E-state index contributed by atoms with van der Waals surface area (Å²) in [4.78, 5) is 17.4. The van der Waals surface area contributed by atoms with Gasteiger partial charge in [-0.25, -0.2) is 4.39 Å². The number of rotatable bonds is 0. The smallest absolute Gasteiger partial charge is 0.179 e. The molecule has 20 heavy (non-hydrogen) atoms. The zero-order valence-electron chi connectivity index (χ0n) is 11.0. The Bertz CT molecular complexity index is 793. The lowest BCUT2D eigenvalue weighted by molar-refractivity contribution is 0.0946. The Hall–Kier alpha value is -2.29. The van der Waals surface area contributed by atoms with Gasteiger partial charge in [0.2, 0.25) is 0 Å². The molecule has 2 nitrogen and oxygen atoms in total. The molecule has 98 valence electrons. The summed E-state index contributed by atoms with van der Waals surface area (Å²) in [6, 6.07) is 12.4. The number of fused-ring (bicyclic) bond motifs is 3. The van der Waals surface area contributed by atoms with Crippen LogP contribution >= 0.6 is 0 Å². The van der Waals surface area contributed by atoms with Gasteiger partial charge in [-0.1, -0.05) is 30.3 Å². The molecular formula is C17H12FNO. The molecule has 0 fully saturated rings. The van der Waals surface area contributed by atoms with Gasteiger partial charge in [0.15, 0.2) is 5.78 Å². The fourth-order valence-corrected chi connectivity index (χ4v) is 3.44. The third-order valence-corrected chi connectivity index (χ3v) is 4.46. The first-order valence-electron chi connectivity index (χ1n) is 6.62. The standard InChI is InChI=1S/C17H12FNO/c1-10-17(13-6-2-3-8-15(13)19-10)9-12-11(16(17)20)5-4-7-14(12)18/h2-8H,9H2,1H3. The zero-order chi connectivity index (χ0) is 13.9. The number of Topliss-reactive ketones (excluding diaryl/α,β-unsaturated/α-hetero) is 1. The van der Waals surface area contributed by atoms with Crippen LogP contribution in [0.2, 0.25) is 0 Å². The van der Waals surface area contributed by atoms with Gasteiger partial charge in [0.25, 0.3) is 0 Å². The minimum atomic E-state index is -0.791. The summed E-state index contributed by atoms with van der Waals surface area (Å²) in [5.41, 5.74) is 2.71. The van der Waals surface area contributed by atoms with E-state index in [9.17, 15) is 9.18 Å². The summed E-state index contributed by atoms with van der Waals surface area (Å²) >= 11 is 0. The summed E-state index contributed by atoms with van der Waals surface area (Å²) in [5.74, 6) is -0.330. The molecule has 2 aliphatic rings. The Morgan fingerprint density at radius 2 is 1.95 bits per heavy atom. The van der Waals surface area contributed by atoms with E-state index in [1.54, 1.807) is 12.1 Å². The molecular weight excluding hydrogens is 253 g/mol. The molecule has 0 bridgehead atoms. The lowest BCUT2D eigenvalue weighted by Gasteiger charge is -2.23. The summed E-state index contributed by atoms with van der Waals surface area (Å²) in [5, 5.41) is 0. The van der Waals surface area contributed by atoms with Crippen molar-refractivity contribution in [1.82, 2.24) is 0 Å². The van der Waals surface area contributed by atoms with Crippen LogP contribution in [0.4, 0.5) is 10.1 Å². The van der Waals surface area contributed by atoms with Gasteiger partial charge < -0.3 is 0 Å². The van der Waals surface area contributed by atoms with Gasteiger partial charge in [0.1, 0.15) is 11.2 Å². The molecule has 2 aromatic carbocycles. The molecule has 3 heteroatoms. The molecule has 0 amide bonds. The molecule has 0 N–H and O–H groups in total. The summed E-state index contributed by atoms with van der Waals surface area (Å²) in [6.07, 6.45) is 0.375. The van der Waals surface area contributed by atoms with E-state index in [-0.39, 0.29) is 11.6 Å². The van der Waals surface area contributed by atoms with E-state index in [2.05, 4.69) is 4.99 Å². The van der Waals surface area contributed by atoms with Crippen molar-refractivity contribution in [3.8, 4) is 0 Å². The van der Waals surface area contributed by atoms with Crippen LogP contribution in [0.3, 0.4) is 0 Å². The molecule has 0 aromatic heterocycles. The number of hydrogen-bond acceptors (Lipinski definition) is 2. The number of carbonyl (C=O) groups excluding carboxylic acids is 1. The third kappa shape index (κ3) is 1.18. The normalized spacial score (nSPS) is 22.9. The average molecular weight is 265 g/mol. The second-order valence-electron chi connectivity index (χ2n) is 5.39. The van der Waals surface area contributed by atoms with Crippen molar-refractivity contribution < 1.29 is 9.18 Å². The maximum absolute atomic E-state index is 14.0. The first kappa shape index (κ1) is 11.5. The number of hydrogen-bond donors (Lipinski definition) is 0. The van der Waals surface area contributed by atoms with Gasteiger partial charge in [-0.3, -0.25) is 9.79 Å². The van der Waals surface area contributed by atoms with E-state index in [1.165, 1.54) is 6.07 Å². The SMILES string of the molecule is CC1=Nc2ccccc2C12Cc1c(F)cccc1C2=O. The highest BCUT2D eigenvalue weighted by Crippen LogP contribution is 2.48. The Morgan fingerprint density at radius 1 is 1.15 bits per heavy atom. The van der Waals surface area contributed by atoms with Crippen LogP contribution in [0.25, 0.3) is 0 Å². The lowest BCUT2D eigenvalue weighted by atomic mass is 9.74.